The van der Waals surface area contributed by atoms with Gasteiger partial charge in [-0.25, -0.2) is 0 Å². The fourth-order valence-corrected chi connectivity index (χ4v) is 1.89. The van der Waals surface area contributed by atoms with Crippen LogP contribution in [0, 0.1) is 0 Å². The Bertz CT molecular complexity index is 130. The molecule has 0 aliphatic carbocycles. The van der Waals surface area contributed by atoms with E-state index in [9.17, 15) is 0 Å². The smallest absolute Gasteiger partial charge is 0.0713 e. The SMILES string of the molecule is COC1C[C@@H](CCCN)N(C)C1. The number of likely N-dealkylation sites (tertiary alicyclic amines) is 1. The highest BCUT2D eigenvalue weighted by Gasteiger charge is 2.28. The van der Waals surface area contributed by atoms with Crippen LogP contribution in [0.25, 0.3) is 0 Å². The quantitative estimate of drug-likeness (QED) is 0.669. The van der Waals surface area contributed by atoms with Crippen LogP contribution in [0.4, 0.5) is 0 Å². The highest BCUT2D eigenvalue weighted by atomic mass is 16.5. The number of nitrogens with zero attached hydrogens (tertiary/aromatic N) is 1. The van der Waals surface area contributed by atoms with Crippen LogP contribution in [-0.4, -0.2) is 44.3 Å². The van der Waals surface area contributed by atoms with Gasteiger partial charge < -0.3 is 15.4 Å². The number of hydrogen-bond acceptors (Lipinski definition) is 3. The predicted octanol–water partition coefficient (Wildman–Crippen LogP) is 0.444. The van der Waals surface area contributed by atoms with E-state index in [4.69, 9.17) is 10.5 Å². The molecule has 1 aliphatic heterocycles. The summed E-state index contributed by atoms with van der Waals surface area (Å²) in [4.78, 5) is 2.38. The van der Waals surface area contributed by atoms with E-state index < -0.39 is 0 Å². The van der Waals surface area contributed by atoms with Crippen molar-refractivity contribution in [3.63, 3.8) is 0 Å². The van der Waals surface area contributed by atoms with Crippen molar-refractivity contribution in [1.29, 1.82) is 0 Å². The van der Waals surface area contributed by atoms with Crippen molar-refractivity contribution in [2.24, 2.45) is 5.73 Å². The lowest BCUT2D eigenvalue weighted by Crippen LogP contribution is -2.25. The van der Waals surface area contributed by atoms with Crippen molar-refractivity contribution in [2.75, 3.05) is 27.2 Å². The first-order valence-electron chi connectivity index (χ1n) is 4.71. The molecule has 0 radical (unpaired) electrons. The average Bonchev–Trinajstić information content (AvgIpc) is 2.43. The lowest BCUT2D eigenvalue weighted by atomic mass is 10.1. The second kappa shape index (κ2) is 4.80. The lowest BCUT2D eigenvalue weighted by Gasteiger charge is -2.17. The molecule has 3 nitrogen and oxygen atoms in total. The minimum absolute atomic E-state index is 0.442. The molecule has 72 valence electrons. The molecule has 0 saturated carbocycles. The van der Waals surface area contributed by atoms with Gasteiger partial charge in [-0.05, 0) is 32.9 Å². The van der Waals surface area contributed by atoms with E-state index in [1.165, 1.54) is 12.8 Å². The Labute approximate surface area is 74.9 Å². The van der Waals surface area contributed by atoms with Crippen LogP contribution < -0.4 is 5.73 Å². The highest BCUT2D eigenvalue weighted by Crippen LogP contribution is 2.21. The minimum Gasteiger partial charge on any atom is -0.380 e. The van der Waals surface area contributed by atoms with Crippen LogP contribution >= 0.6 is 0 Å². The number of rotatable bonds is 4. The Morgan fingerprint density at radius 3 is 2.83 bits per heavy atom. The molecule has 0 amide bonds. The molecule has 1 rings (SSSR count). The normalized spacial score (nSPS) is 31.2. The largest absolute Gasteiger partial charge is 0.380 e. The van der Waals surface area contributed by atoms with Gasteiger partial charge in [0.25, 0.3) is 0 Å². The number of hydrogen-bond donors (Lipinski definition) is 1. The van der Waals surface area contributed by atoms with Crippen molar-refractivity contribution in [3.8, 4) is 0 Å². The molecule has 3 heteroatoms. The Balaban J connectivity index is 2.25. The topological polar surface area (TPSA) is 38.5 Å². The van der Waals surface area contributed by atoms with Crippen molar-refractivity contribution in [1.82, 2.24) is 4.90 Å². The summed E-state index contributed by atoms with van der Waals surface area (Å²) in [5, 5.41) is 0. The number of ether oxygens (including phenoxy) is 1. The van der Waals surface area contributed by atoms with Gasteiger partial charge in [0.2, 0.25) is 0 Å². The Morgan fingerprint density at radius 2 is 2.33 bits per heavy atom. The molecule has 12 heavy (non-hydrogen) atoms. The second-order valence-electron chi connectivity index (χ2n) is 3.62. The monoisotopic (exact) mass is 172 g/mol. The minimum atomic E-state index is 0.442. The van der Waals surface area contributed by atoms with E-state index in [0.717, 1.165) is 19.5 Å². The first-order valence-corrected chi connectivity index (χ1v) is 4.71. The van der Waals surface area contributed by atoms with Crippen LogP contribution in [0.3, 0.4) is 0 Å². The van der Waals surface area contributed by atoms with Gasteiger partial charge in [-0.2, -0.15) is 0 Å². The van der Waals surface area contributed by atoms with Crippen LogP contribution in [0.5, 0.6) is 0 Å². The van der Waals surface area contributed by atoms with Crippen LogP contribution in [0.1, 0.15) is 19.3 Å². The third-order valence-electron chi connectivity index (χ3n) is 2.72. The first-order chi connectivity index (χ1) is 5.77. The van der Waals surface area contributed by atoms with E-state index in [2.05, 4.69) is 11.9 Å². The molecule has 0 aromatic rings. The second-order valence-corrected chi connectivity index (χ2v) is 3.62. The third kappa shape index (κ3) is 2.44. The van der Waals surface area contributed by atoms with Crippen molar-refractivity contribution < 1.29 is 4.74 Å². The van der Waals surface area contributed by atoms with E-state index >= 15 is 0 Å². The molecule has 2 N–H and O–H groups in total. The Hall–Kier alpha value is -0.120. The molecule has 1 fully saturated rings. The summed E-state index contributed by atoms with van der Waals surface area (Å²) in [6, 6.07) is 0.693. The Morgan fingerprint density at radius 1 is 1.58 bits per heavy atom. The zero-order valence-electron chi connectivity index (χ0n) is 8.12. The van der Waals surface area contributed by atoms with Crippen LogP contribution in [-0.2, 0) is 4.74 Å². The lowest BCUT2D eigenvalue weighted by molar-refractivity contribution is 0.111. The van der Waals surface area contributed by atoms with Gasteiger partial charge in [-0.15, -0.1) is 0 Å². The molecule has 0 aromatic carbocycles. The summed E-state index contributed by atoms with van der Waals surface area (Å²) < 4.78 is 5.32. The van der Waals surface area contributed by atoms with Gasteiger partial charge in [0, 0.05) is 19.7 Å². The fraction of sp³-hybridized carbons (Fsp3) is 1.00. The summed E-state index contributed by atoms with van der Waals surface area (Å²) in [7, 11) is 3.96. The van der Waals surface area contributed by atoms with Gasteiger partial charge >= 0.3 is 0 Å². The molecule has 1 aliphatic rings. The van der Waals surface area contributed by atoms with E-state index in [0.29, 0.717) is 12.1 Å². The maximum atomic E-state index is 5.47. The molecule has 1 unspecified atom stereocenters. The zero-order valence-corrected chi connectivity index (χ0v) is 8.12. The van der Waals surface area contributed by atoms with E-state index in [-0.39, 0.29) is 0 Å². The van der Waals surface area contributed by atoms with Crippen molar-refractivity contribution in [3.05, 3.63) is 0 Å². The van der Waals surface area contributed by atoms with Crippen molar-refractivity contribution >= 4 is 0 Å². The summed E-state index contributed by atoms with van der Waals surface area (Å²) in [5.74, 6) is 0. The fourth-order valence-electron chi connectivity index (χ4n) is 1.89. The molecule has 2 atom stereocenters. The maximum Gasteiger partial charge on any atom is 0.0713 e. The van der Waals surface area contributed by atoms with Crippen molar-refractivity contribution in [2.45, 2.75) is 31.4 Å². The van der Waals surface area contributed by atoms with E-state index in [1.807, 2.05) is 0 Å². The molecule has 1 heterocycles. The van der Waals surface area contributed by atoms with Gasteiger partial charge in [0.05, 0.1) is 6.10 Å². The summed E-state index contributed by atoms with van der Waals surface area (Å²) in [6.45, 7) is 1.88. The van der Waals surface area contributed by atoms with Gasteiger partial charge in [-0.3, -0.25) is 0 Å². The van der Waals surface area contributed by atoms with Gasteiger partial charge in [0.15, 0.2) is 0 Å². The first kappa shape index (κ1) is 9.96. The van der Waals surface area contributed by atoms with Gasteiger partial charge in [-0.1, -0.05) is 0 Å². The standard InChI is InChI=1S/C9H20N2O/c1-11-7-9(12-2)6-8(11)4-3-5-10/h8-9H,3-7,10H2,1-2H3/t8-,9?/m1/s1. The van der Waals surface area contributed by atoms with Crippen LogP contribution in [0.2, 0.25) is 0 Å². The average molecular weight is 172 g/mol. The predicted molar refractivity (Wildman–Crippen MR) is 50.1 cm³/mol. The molecular formula is C9H20N2O. The molecule has 1 saturated heterocycles. The summed E-state index contributed by atoms with van der Waals surface area (Å²) in [6.07, 6.45) is 3.96. The summed E-state index contributed by atoms with van der Waals surface area (Å²) >= 11 is 0. The molecule has 0 spiro atoms. The summed E-state index contributed by atoms with van der Waals surface area (Å²) in [5.41, 5.74) is 5.47. The number of likely N-dealkylation sites (N-methyl/N-ethyl adjacent to an activating group) is 1. The van der Waals surface area contributed by atoms with Gasteiger partial charge in [0.1, 0.15) is 0 Å². The highest BCUT2D eigenvalue weighted by molar-refractivity contribution is 4.83. The van der Waals surface area contributed by atoms with Crippen LogP contribution in [0.15, 0.2) is 0 Å². The third-order valence-corrected chi connectivity index (χ3v) is 2.72. The molecular weight excluding hydrogens is 152 g/mol. The molecule has 0 bridgehead atoms. The Kier molecular flexibility index (Phi) is 3.98. The maximum absolute atomic E-state index is 5.47. The number of methoxy groups -OCH3 is 1. The zero-order chi connectivity index (χ0) is 8.97. The van der Waals surface area contributed by atoms with E-state index in [1.54, 1.807) is 7.11 Å². The number of nitrogens with two attached hydrogens (primary N) is 1. The molecule has 0 aromatic heterocycles.